The van der Waals surface area contributed by atoms with Gasteiger partial charge in [-0.1, -0.05) is 104 Å². The molecule has 1 atom stereocenters. The van der Waals surface area contributed by atoms with Crippen molar-refractivity contribution < 1.29 is 19.1 Å². The fourth-order valence-corrected chi connectivity index (χ4v) is 3.14. The van der Waals surface area contributed by atoms with E-state index in [0.717, 1.165) is 38.5 Å². The summed E-state index contributed by atoms with van der Waals surface area (Å²) in [6.45, 7) is 7.11. The third kappa shape index (κ3) is 16.8. The summed E-state index contributed by atoms with van der Waals surface area (Å²) < 4.78 is 10.1. The minimum atomic E-state index is -0.840. The van der Waals surface area contributed by atoms with Crippen LogP contribution in [0.2, 0.25) is 0 Å². The van der Waals surface area contributed by atoms with E-state index in [1.807, 2.05) is 0 Å². The molecule has 0 aromatic carbocycles. The summed E-state index contributed by atoms with van der Waals surface area (Å²) in [7, 11) is 0. The molecule has 0 aliphatic rings. The van der Waals surface area contributed by atoms with E-state index in [4.69, 9.17) is 9.47 Å². The molecular weight excluding hydrogens is 340 g/mol. The first kappa shape index (κ1) is 25.9. The van der Waals surface area contributed by atoms with Crippen molar-refractivity contribution >= 4 is 11.9 Å². The Kier molecular flexibility index (Phi) is 18.9. The van der Waals surface area contributed by atoms with E-state index in [1.165, 1.54) is 57.8 Å². The molecule has 0 heterocycles. The van der Waals surface area contributed by atoms with Crippen molar-refractivity contribution in [2.24, 2.45) is 5.92 Å². The first-order valence-corrected chi connectivity index (χ1v) is 11.5. The van der Waals surface area contributed by atoms with Crippen molar-refractivity contribution in [1.82, 2.24) is 0 Å². The van der Waals surface area contributed by atoms with E-state index in [0.29, 0.717) is 19.1 Å². The van der Waals surface area contributed by atoms with Gasteiger partial charge in [-0.05, 0) is 18.8 Å². The fraction of sp³-hybridized carbons (Fsp3) is 0.913. The van der Waals surface area contributed by atoms with Crippen LogP contribution >= 0.6 is 0 Å². The molecule has 0 rings (SSSR count). The number of rotatable bonds is 18. The van der Waals surface area contributed by atoms with Gasteiger partial charge in [0.15, 0.2) is 0 Å². The number of hydrogen-bond acceptors (Lipinski definition) is 4. The van der Waals surface area contributed by atoms with Crippen LogP contribution in [0.5, 0.6) is 0 Å². The van der Waals surface area contributed by atoms with Crippen LogP contribution in [0.15, 0.2) is 0 Å². The van der Waals surface area contributed by atoms with Crippen molar-refractivity contribution in [3.8, 4) is 0 Å². The molecule has 4 heteroatoms. The SMILES string of the molecule is CCCCCCCCCCCCCOC(=O)C(=O)OCC(CC)CCCC. The maximum absolute atomic E-state index is 11.7. The molecule has 4 nitrogen and oxygen atoms in total. The van der Waals surface area contributed by atoms with Crippen LogP contribution < -0.4 is 0 Å². The topological polar surface area (TPSA) is 52.6 Å². The zero-order valence-corrected chi connectivity index (χ0v) is 18.2. The molecule has 0 aliphatic heterocycles. The van der Waals surface area contributed by atoms with Gasteiger partial charge in [0.1, 0.15) is 0 Å². The summed E-state index contributed by atoms with van der Waals surface area (Å²) in [5.74, 6) is -1.34. The average molecular weight is 385 g/mol. The van der Waals surface area contributed by atoms with Crippen LogP contribution in [0.3, 0.4) is 0 Å². The highest BCUT2D eigenvalue weighted by Gasteiger charge is 2.18. The third-order valence-electron chi connectivity index (χ3n) is 5.14. The molecule has 0 aromatic rings. The normalized spacial score (nSPS) is 12.0. The Balaban J connectivity index is 3.50. The highest BCUT2D eigenvalue weighted by atomic mass is 16.6. The largest absolute Gasteiger partial charge is 0.457 e. The quantitative estimate of drug-likeness (QED) is 0.152. The second-order valence-electron chi connectivity index (χ2n) is 7.69. The van der Waals surface area contributed by atoms with Crippen LogP contribution in [0.1, 0.15) is 117 Å². The monoisotopic (exact) mass is 384 g/mol. The number of esters is 2. The Morgan fingerprint density at radius 2 is 1.11 bits per heavy atom. The number of unbranched alkanes of at least 4 members (excludes halogenated alkanes) is 11. The second kappa shape index (κ2) is 19.7. The van der Waals surface area contributed by atoms with Crippen LogP contribution in [-0.4, -0.2) is 25.2 Å². The lowest BCUT2D eigenvalue weighted by atomic mass is 10.0. The summed E-state index contributed by atoms with van der Waals surface area (Å²) in [5.41, 5.74) is 0. The molecule has 160 valence electrons. The zero-order valence-electron chi connectivity index (χ0n) is 18.2. The highest BCUT2D eigenvalue weighted by molar-refractivity contribution is 6.29. The molecule has 0 saturated carbocycles. The summed E-state index contributed by atoms with van der Waals surface area (Å²) in [6.07, 6.45) is 18.0. The predicted octanol–water partition coefficient (Wildman–Crippen LogP) is 6.60. The van der Waals surface area contributed by atoms with E-state index in [2.05, 4.69) is 20.8 Å². The van der Waals surface area contributed by atoms with Crippen molar-refractivity contribution in [1.29, 1.82) is 0 Å². The van der Waals surface area contributed by atoms with Gasteiger partial charge in [0, 0.05) is 0 Å². The van der Waals surface area contributed by atoms with Crippen molar-refractivity contribution in [3.63, 3.8) is 0 Å². The van der Waals surface area contributed by atoms with E-state index < -0.39 is 11.9 Å². The lowest BCUT2D eigenvalue weighted by molar-refractivity contribution is -0.168. The molecule has 27 heavy (non-hydrogen) atoms. The van der Waals surface area contributed by atoms with Gasteiger partial charge in [-0.2, -0.15) is 0 Å². The molecule has 0 aromatic heterocycles. The average Bonchev–Trinajstić information content (AvgIpc) is 2.68. The number of carbonyl (C=O) groups excluding carboxylic acids is 2. The molecule has 0 radical (unpaired) electrons. The Labute approximate surface area is 167 Å². The minimum absolute atomic E-state index is 0.317. The van der Waals surface area contributed by atoms with Crippen LogP contribution in [0, 0.1) is 5.92 Å². The second-order valence-corrected chi connectivity index (χ2v) is 7.69. The lowest BCUT2D eigenvalue weighted by Gasteiger charge is -2.14. The Hall–Kier alpha value is -1.06. The van der Waals surface area contributed by atoms with Crippen molar-refractivity contribution in [2.75, 3.05) is 13.2 Å². The lowest BCUT2D eigenvalue weighted by Crippen LogP contribution is -2.23. The van der Waals surface area contributed by atoms with Gasteiger partial charge in [-0.3, -0.25) is 0 Å². The van der Waals surface area contributed by atoms with Gasteiger partial charge in [-0.25, -0.2) is 9.59 Å². The van der Waals surface area contributed by atoms with Gasteiger partial charge in [-0.15, -0.1) is 0 Å². The summed E-state index contributed by atoms with van der Waals surface area (Å²) >= 11 is 0. The molecular formula is C23H44O4. The first-order valence-electron chi connectivity index (χ1n) is 11.5. The van der Waals surface area contributed by atoms with Crippen molar-refractivity contribution in [2.45, 2.75) is 117 Å². The van der Waals surface area contributed by atoms with E-state index in [-0.39, 0.29) is 0 Å². The Morgan fingerprint density at radius 1 is 0.630 bits per heavy atom. The van der Waals surface area contributed by atoms with Gasteiger partial charge in [0.2, 0.25) is 0 Å². The zero-order chi connectivity index (χ0) is 20.2. The summed E-state index contributed by atoms with van der Waals surface area (Å²) in [6, 6.07) is 0. The van der Waals surface area contributed by atoms with E-state index in [1.54, 1.807) is 0 Å². The molecule has 0 saturated heterocycles. The van der Waals surface area contributed by atoms with Gasteiger partial charge >= 0.3 is 11.9 Å². The molecule has 0 spiro atoms. The van der Waals surface area contributed by atoms with Gasteiger partial charge in [0.25, 0.3) is 0 Å². The number of carbonyl (C=O) groups is 2. The molecule has 0 bridgehead atoms. The predicted molar refractivity (Wildman–Crippen MR) is 112 cm³/mol. The van der Waals surface area contributed by atoms with Gasteiger partial charge in [0.05, 0.1) is 13.2 Å². The molecule has 0 amide bonds. The van der Waals surface area contributed by atoms with Crippen LogP contribution in [0.4, 0.5) is 0 Å². The fourth-order valence-electron chi connectivity index (χ4n) is 3.14. The minimum Gasteiger partial charge on any atom is -0.457 e. The summed E-state index contributed by atoms with van der Waals surface area (Å²) in [4.78, 5) is 23.3. The summed E-state index contributed by atoms with van der Waals surface area (Å²) in [5, 5.41) is 0. The smallest absolute Gasteiger partial charge is 0.417 e. The van der Waals surface area contributed by atoms with E-state index in [9.17, 15) is 9.59 Å². The first-order chi connectivity index (χ1) is 13.2. The third-order valence-corrected chi connectivity index (χ3v) is 5.14. The van der Waals surface area contributed by atoms with Gasteiger partial charge < -0.3 is 9.47 Å². The number of hydrogen-bond donors (Lipinski definition) is 0. The van der Waals surface area contributed by atoms with Crippen LogP contribution in [-0.2, 0) is 19.1 Å². The van der Waals surface area contributed by atoms with E-state index >= 15 is 0 Å². The molecule has 0 fully saturated rings. The Bertz CT molecular complexity index is 354. The standard InChI is InChI=1S/C23H44O4/c1-4-7-9-10-11-12-13-14-15-16-17-19-26-22(24)23(25)27-20-21(6-3)18-8-5-2/h21H,4-20H2,1-3H3. The molecule has 0 aliphatic carbocycles. The van der Waals surface area contributed by atoms with Crippen LogP contribution in [0.25, 0.3) is 0 Å². The maximum atomic E-state index is 11.7. The maximum Gasteiger partial charge on any atom is 0.417 e. The van der Waals surface area contributed by atoms with Crippen molar-refractivity contribution in [3.05, 3.63) is 0 Å². The Morgan fingerprint density at radius 3 is 1.63 bits per heavy atom. The molecule has 0 N–H and O–H groups in total. The number of ether oxygens (including phenoxy) is 2. The molecule has 1 unspecified atom stereocenters. The highest BCUT2D eigenvalue weighted by Crippen LogP contribution is 2.13.